The first-order chi connectivity index (χ1) is 9.84. The molecule has 2 N–H and O–H groups in total. The van der Waals surface area contributed by atoms with Crippen molar-refractivity contribution in [3.05, 3.63) is 0 Å². The second-order valence-electron chi connectivity index (χ2n) is 6.71. The molecule has 21 heavy (non-hydrogen) atoms. The number of piperidine rings is 1. The van der Waals surface area contributed by atoms with Gasteiger partial charge in [0.05, 0.1) is 11.5 Å². The first-order valence-corrected chi connectivity index (χ1v) is 9.63. The number of hydrogen-bond donors (Lipinski definition) is 2. The van der Waals surface area contributed by atoms with E-state index in [0.717, 1.165) is 19.6 Å². The van der Waals surface area contributed by atoms with E-state index in [1.807, 2.05) is 0 Å². The van der Waals surface area contributed by atoms with Gasteiger partial charge in [-0.25, -0.2) is 13.2 Å². The Morgan fingerprint density at radius 1 is 1.24 bits per heavy atom. The van der Waals surface area contributed by atoms with Crippen LogP contribution in [0.15, 0.2) is 0 Å². The summed E-state index contributed by atoms with van der Waals surface area (Å²) in [7, 11) is -2.94. The summed E-state index contributed by atoms with van der Waals surface area (Å²) in [6.07, 6.45) is 1.80. The number of hydrogen-bond acceptors (Lipinski definition) is 4. The minimum atomic E-state index is -2.94. The second-order valence-corrected chi connectivity index (χ2v) is 8.93. The number of nitrogens with zero attached hydrogens (tertiary/aromatic N) is 1. The highest BCUT2D eigenvalue weighted by Gasteiger charge is 2.28. The van der Waals surface area contributed by atoms with Crippen LogP contribution >= 0.6 is 0 Å². The number of amides is 2. The standard InChI is InChI=1S/C14H27N3O3S/c1-11-7-12(2)9-17(8-11)5-4-15-14(18)16-13-3-6-21(19,20)10-13/h11-13H,3-10H2,1-2H3,(H2,15,16,18). The highest BCUT2D eigenvalue weighted by atomic mass is 32.2. The van der Waals surface area contributed by atoms with E-state index in [-0.39, 0.29) is 23.6 Å². The molecule has 0 bridgehead atoms. The first kappa shape index (κ1) is 16.5. The molecule has 2 rings (SSSR count). The summed E-state index contributed by atoms with van der Waals surface area (Å²) in [6, 6.07) is -0.486. The molecule has 2 aliphatic heterocycles. The van der Waals surface area contributed by atoms with Crippen LogP contribution in [-0.4, -0.2) is 63.1 Å². The predicted molar refractivity (Wildman–Crippen MR) is 83.0 cm³/mol. The van der Waals surface area contributed by atoms with Crippen LogP contribution in [0.25, 0.3) is 0 Å². The van der Waals surface area contributed by atoms with Gasteiger partial charge in [0.1, 0.15) is 0 Å². The number of sulfone groups is 1. The van der Waals surface area contributed by atoms with Crippen LogP contribution < -0.4 is 10.6 Å². The van der Waals surface area contributed by atoms with Crippen molar-refractivity contribution in [1.82, 2.24) is 15.5 Å². The van der Waals surface area contributed by atoms with Gasteiger partial charge < -0.3 is 15.5 Å². The molecule has 2 aliphatic rings. The predicted octanol–water partition coefficient (Wildman–Crippen LogP) is 0.451. The molecule has 2 saturated heterocycles. The van der Waals surface area contributed by atoms with E-state index in [1.54, 1.807) is 0 Å². The highest BCUT2D eigenvalue weighted by Crippen LogP contribution is 2.20. The molecule has 0 aliphatic carbocycles. The maximum Gasteiger partial charge on any atom is 0.315 e. The molecule has 2 amide bonds. The number of carbonyl (C=O) groups excluding carboxylic acids is 1. The number of rotatable bonds is 4. The molecule has 2 fully saturated rings. The van der Waals surface area contributed by atoms with E-state index in [9.17, 15) is 13.2 Å². The second kappa shape index (κ2) is 6.96. The zero-order valence-corrected chi connectivity index (χ0v) is 13.8. The SMILES string of the molecule is CC1CC(C)CN(CCNC(=O)NC2CCS(=O)(=O)C2)C1. The minimum absolute atomic E-state index is 0.0710. The Balaban J connectivity index is 1.63. The molecule has 3 unspecified atom stereocenters. The van der Waals surface area contributed by atoms with Crippen LogP contribution in [0.5, 0.6) is 0 Å². The molecule has 0 spiro atoms. The molecule has 0 saturated carbocycles. The van der Waals surface area contributed by atoms with Crippen molar-refractivity contribution < 1.29 is 13.2 Å². The molecule has 6 nitrogen and oxygen atoms in total. The lowest BCUT2D eigenvalue weighted by atomic mass is 9.92. The van der Waals surface area contributed by atoms with Crippen molar-refractivity contribution in [2.24, 2.45) is 11.8 Å². The molecule has 2 heterocycles. The Morgan fingerprint density at radius 2 is 1.90 bits per heavy atom. The largest absolute Gasteiger partial charge is 0.337 e. The summed E-state index contributed by atoms with van der Waals surface area (Å²) in [6.45, 7) is 8.17. The van der Waals surface area contributed by atoms with Crippen LogP contribution in [0, 0.1) is 11.8 Å². The van der Waals surface area contributed by atoms with Crippen LogP contribution in [0.1, 0.15) is 26.7 Å². The topological polar surface area (TPSA) is 78.5 Å². The Kier molecular flexibility index (Phi) is 5.48. The monoisotopic (exact) mass is 317 g/mol. The van der Waals surface area contributed by atoms with Gasteiger partial charge in [-0.1, -0.05) is 13.8 Å². The summed E-state index contributed by atoms with van der Waals surface area (Å²) in [4.78, 5) is 14.1. The average Bonchev–Trinajstić information content (AvgIpc) is 2.67. The number of likely N-dealkylation sites (tertiary alicyclic amines) is 1. The third kappa shape index (κ3) is 5.47. The third-order valence-electron chi connectivity index (χ3n) is 4.23. The van der Waals surface area contributed by atoms with Gasteiger partial charge >= 0.3 is 6.03 Å². The fourth-order valence-electron chi connectivity index (χ4n) is 3.45. The van der Waals surface area contributed by atoms with E-state index in [1.165, 1.54) is 6.42 Å². The van der Waals surface area contributed by atoms with Crippen LogP contribution in [0.4, 0.5) is 4.79 Å². The van der Waals surface area contributed by atoms with Gasteiger partial charge in [0.15, 0.2) is 9.84 Å². The van der Waals surface area contributed by atoms with Gasteiger partial charge in [-0.15, -0.1) is 0 Å². The van der Waals surface area contributed by atoms with E-state index in [4.69, 9.17) is 0 Å². The maximum absolute atomic E-state index is 11.7. The Morgan fingerprint density at radius 3 is 2.48 bits per heavy atom. The van der Waals surface area contributed by atoms with Crippen molar-refractivity contribution in [3.8, 4) is 0 Å². The van der Waals surface area contributed by atoms with Gasteiger partial charge in [-0.3, -0.25) is 0 Å². The molecule has 3 atom stereocenters. The fraction of sp³-hybridized carbons (Fsp3) is 0.929. The summed E-state index contributed by atoms with van der Waals surface area (Å²) >= 11 is 0. The molecule has 0 radical (unpaired) electrons. The van der Waals surface area contributed by atoms with E-state index < -0.39 is 9.84 Å². The Hall–Kier alpha value is -0.820. The van der Waals surface area contributed by atoms with E-state index in [2.05, 4.69) is 29.4 Å². The summed E-state index contributed by atoms with van der Waals surface area (Å²) in [5.74, 6) is 1.68. The molecule has 0 aromatic heterocycles. The quantitative estimate of drug-likeness (QED) is 0.789. The first-order valence-electron chi connectivity index (χ1n) is 7.81. The summed E-state index contributed by atoms with van der Waals surface area (Å²) in [5, 5.41) is 5.57. The number of urea groups is 1. The van der Waals surface area contributed by atoms with Crippen molar-refractivity contribution in [2.45, 2.75) is 32.7 Å². The lowest BCUT2D eigenvalue weighted by Crippen LogP contribution is -2.47. The highest BCUT2D eigenvalue weighted by molar-refractivity contribution is 7.91. The number of nitrogens with one attached hydrogen (secondary N) is 2. The maximum atomic E-state index is 11.7. The Bertz CT molecular complexity index is 456. The van der Waals surface area contributed by atoms with Crippen molar-refractivity contribution in [2.75, 3.05) is 37.7 Å². The van der Waals surface area contributed by atoms with Gasteiger partial charge in [-0.05, 0) is 24.7 Å². The summed E-state index contributed by atoms with van der Waals surface area (Å²) < 4.78 is 22.7. The van der Waals surface area contributed by atoms with Gasteiger partial charge in [0.2, 0.25) is 0 Å². The van der Waals surface area contributed by atoms with Gasteiger partial charge in [-0.2, -0.15) is 0 Å². The molecule has 7 heteroatoms. The molecule has 0 aromatic rings. The Labute approximate surface area is 127 Å². The van der Waals surface area contributed by atoms with Crippen molar-refractivity contribution in [1.29, 1.82) is 0 Å². The van der Waals surface area contributed by atoms with Crippen LogP contribution in [0.2, 0.25) is 0 Å². The van der Waals surface area contributed by atoms with Crippen molar-refractivity contribution >= 4 is 15.9 Å². The molecule has 0 aromatic carbocycles. The van der Waals surface area contributed by atoms with Gasteiger partial charge in [0.25, 0.3) is 0 Å². The fourth-order valence-corrected chi connectivity index (χ4v) is 5.12. The van der Waals surface area contributed by atoms with Crippen LogP contribution in [0.3, 0.4) is 0 Å². The lowest BCUT2D eigenvalue weighted by molar-refractivity contribution is 0.142. The van der Waals surface area contributed by atoms with Crippen molar-refractivity contribution in [3.63, 3.8) is 0 Å². The van der Waals surface area contributed by atoms with Crippen LogP contribution in [-0.2, 0) is 9.84 Å². The number of carbonyl (C=O) groups is 1. The summed E-state index contributed by atoms with van der Waals surface area (Å²) in [5.41, 5.74) is 0. The van der Waals surface area contributed by atoms with E-state index >= 15 is 0 Å². The van der Waals surface area contributed by atoms with E-state index in [0.29, 0.717) is 24.8 Å². The molecular formula is C14H27N3O3S. The zero-order chi connectivity index (χ0) is 15.5. The third-order valence-corrected chi connectivity index (χ3v) is 5.99. The normalized spacial score (nSPS) is 32.8. The molecule has 122 valence electrons. The zero-order valence-electron chi connectivity index (χ0n) is 13.0. The minimum Gasteiger partial charge on any atom is -0.337 e. The lowest BCUT2D eigenvalue weighted by Gasteiger charge is -2.34. The average molecular weight is 317 g/mol. The molecular weight excluding hydrogens is 290 g/mol. The van der Waals surface area contributed by atoms with Gasteiger partial charge in [0, 0.05) is 32.2 Å². The smallest absolute Gasteiger partial charge is 0.315 e.